The zero-order valence-electron chi connectivity index (χ0n) is 15.2. The zero-order chi connectivity index (χ0) is 19.1. The van der Waals surface area contributed by atoms with Crippen LogP contribution in [0.15, 0.2) is 78.9 Å². The normalized spacial score (nSPS) is 10.9. The predicted octanol–water partition coefficient (Wildman–Crippen LogP) is 5.55. The predicted molar refractivity (Wildman–Crippen MR) is 105 cm³/mol. The molecule has 6 heteroatoms. The first-order chi connectivity index (χ1) is 13.1. The smallest absolute Gasteiger partial charge is 0.435 e. The molecule has 0 saturated heterocycles. The molecule has 27 heavy (non-hydrogen) atoms. The second kappa shape index (κ2) is 8.65. The van der Waals surface area contributed by atoms with E-state index in [1.165, 1.54) is 0 Å². The van der Waals surface area contributed by atoms with Crippen LogP contribution in [-0.2, 0) is 10.7 Å². The molecule has 140 valence electrons. The molecule has 0 aliphatic rings. The lowest BCUT2D eigenvalue weighted by Gasteiger charge is -2.20. The molecule has 5 nitrogen and oxygen atoms in total. The summed E-state index contributed by atoms with van der Waals surface area (Å²) in [5.74, 6) is 2.28. The van der Waals surface area contributed by atoms with Gasteiger partial charge in [0.2, 0.25) is 0 Å². The Morgan fingerprint density at radius 2 is 1.04 bits per heavy atom. The van der Waals surface area contributed by atoms with Crippen molar-refractivity contribution in [2.24, 2.45) is 0 Å². The van der Waals surface area contributed by atoms with Crippen molar-refractivity contribution in [3.05, 3.63) is 84.4 Å². The number of ether oxygens (including phenoxy) is 2. The van der Waals surface area contributed by atoms with Crippen LogP contribution in [0.1, 0.15) is 5.56 Å². The van der Waals surface area contributed by atoms with E-state index < -0.39 is 7.60 Å². The van der Waals surface area contributed by atoms with Crippen molar-refractivity contribution in [1.29, 1.82) is 0 Å². The molecule has 0 amide bonds. The van der Waals surface area contributed by atoms with Crippen molar-refractivity contribution in [2.75, 3.05) is 14.2 Å². The highest BCUT2D eigenvalue weighted by atomic mass is 31.2. The number of benzene rings is 3. The minimum absolute atomic E-state index is 0.145. The van der Waals surface area contributed by atoms with Gasteiger partial charge in [0, 0.05) is 0 Å². The van der Waals surface area contributed by atoms with Crippen molar-refractivity contribution in [1.82, 2.24) is 0 Å². The summed E-state index contributed by atoms with van der Waals surface area (Å²) in [7, 11) is -0.341. The van der Waals surface area contributed by atoms with Gasteiger partial charge in [-0.05, 0) is 54.1 Å². The van der Waals surface area contributed by atoms with Crippen molar-refractivity contribution in [2.45, 2.75) is 6.16 Å². The molecule has 0 bridgehead atoms. The van der Waals surface area contributed by atoms with Gasteiger partial charge in [0.15, 0.2) is 0 Å². The average Bonchev–Trinajstić information content (AvgIpc) is 2.69. The summed E-state index contributed by atoms with van der Waals surface area (Å²) in [5, 5.41) is 0. The highest BCUT2D eigenvalue weighted by Gasteiger charge is 2.29. The molecule has 0 atom stereocenters. The van der Waals surface area contributed by atoms with Crippen molar-refractivity contribution < 1.29 is 23.1 Å². The summed E-state index contributed by atoms with van der Waals surface area (Å²) in [6.07, 6.45) is 0.145. The molecule has 0 spiro atoms. The van der Waals surface area contributed by atoms with E-state index in [0.717, 1.165) is 5.56 Å². The van der Waals surface area contributed by atoms with Gasteiger partial charge in [-0.1, -0.05) is 30.3 Å². The summed E-state index contributed by atoms with van der Waals surface area (Å²) < 4.78 is 35.4. The molecule has 0 heterocycles. The molecule has 3 aromatic rings. The Morgan fingerprint density at radius 3 is 1.44 bits per heavy atom. The SMILES string of the molecule is COc1ccc(OP(=O)(Cc2ccccc2)Oc2ccc(OC)cc2)cc1. The van der Waals surface area contributed by atoms with Crippen LogP contribution < -0.4 is 18.5 Å². The third kappa shape index (κ3) is 5.28. The Bertz CT molecular complexity index is 839. The van der Waals surface area contributed by atoms with Gasteiger partial charge in [-0.15, -0.1) is 0 Å². The van der Waals surface area contributed by atoms with Gasteiger partial charge in [-0.3, -0.25) is 0 Å². The van der Waals surface area contributed by atoms with Crippen molar-refractivity contribution >= 4 is 7.60 Å². The Balaban J connectivity index is 1.85. The van der Waals surface area contributed by atoms with Crippen molar-refractivity contribution in [3.8, 4) is 23.0 Å². The maximum atomic E-state index is 13.5. The van der Waals surface area contributed by atoms with E-state index in [1.807, 2.05) is 30.3 Å². The molecule has 0 N–H and O–H groups in total. The van der Waals surface area contributed by atoms with Crippen LogP contribution in [0.3, 0.4) is 0 Å². The van der Waals surface area contributed by atoms with Crippen LogP contribution in [0.25, 0.3) is 0 Å². The van der Waals surface area contributed by atoms with Gasteiger partial charge < -0.3 is 18.5 Å². The summed E-state index contributed by atoms with van der Waals surface area (Å²) >= 11 is 0. The fourth-order valence-electron chi connectivity index (χ4n) is 2.48. The number of rotatable bonds is 8. The molecule has 3 rings (SSSR count). The number of methoxy groups -OCH3 is 2. The standard InChI is InChI=1S/C21H21O5P/c1-23-18-8-12-20(13-9-18)25-27(22,16-17-6-4-3-5-7-17)26-21-14-10-19(24-2)11-15-21/h3-15H,16H2,1-2H3. The van der Waals surface area contributed by atoms with E-state index in [4.69, 9.17) is 18.5 Å². The van der Waals surface area contributed by atoms with Gasteiger partial charge in [-0.25, -0.2) is 4.57 Å². The largest absolute Gasteiger partial charge is 0.497 e. The van der Waals surface area contributed by atoms with E-state index in [9.17, 15) is 4.57 Å². The Morgan fingerprint density at radius 1 is 0.630 bits per heavy atom. The molecule has 0 radical (unpaired) electrons. The molecular formula is C21H21O5P. The molecule has 0 aromatic heterocycles. The Labute approximate surface area is 159 Å². The second-order valence-electron chi connectivity index (χ2n) is 5.79. The van der Waals surface area contributed by atoms with Gasteiger partial charge in [-0.2, -0.15) is 0 Å². The van der Waals surface area contributed by atoms with E-state index in [1.54, 1.807) is 62.8 Å². The zero-order valence-corrected chi connectivity index (χ0v) is 16.1. The van der Waals surface area contributed by atoms with Crippen LogP contribution in [0.4, 0.5) is 0 Å². The van der Waals surface area contributed by atoms with Crippen LogP contribution in [0, 0.1) is 0 Å². The van der Waals surface area contributed by atoms with Gasteiger partial charge >= 0.3 is 7.60 Å². The molecule has 0 aliphatic heterocycles. The Hall–Kier alpha value is -2.91. The molecule has 0 aliphatic carbocycles. The lowest BCUT2D eigenvalue weighted by atomic mass is 10.2. The highest BCUT2D eigenvalue weighted by molar-refractivity contribution is 7.53. The fraction of sp³-hybridized carbons (Fsp3) is 0.143. The van der Waals surface area contributed by atoms with Gasteiger partial charge in [0.1, 0.15) is 23.0 Å². The molecule has 0 fully saturated rings. The quantitative estimate of drug-likeness (QED) is 0.476. The second-order valence-corrected chi connectivity index (χ2v) is 7.69. The van der Waals surface area contributed by atoms with Crippen LogP contribution in [0.5, 0.6) is 23.0 Å². The molecule has 0 unspecified atom stereocenters. The number of hydrogen-bond donors (Lipinski definition) is 0. The van der Waals surface area contributed by atoms with E-state index in [2.05, 4.69) is 0 Å². The first-order valence-corrected chi connectivity index (χ1v) is 10.1. The fourth-order valence-corrected chi connectivity index (χ4v) is 4.19. The highest BCUT2D eigenvalue weighted by Crippen LogP contribution is 2.51. The minimum Gasteiger partial charge on any atom is -0.497 e. The maximum Gasteiger partial charge on any atom is 0.435 e. The van der Waals surface area contributed by atoms with Crippen LogP contribution >= 0.6 is 7.60 Å². The first kappa shape index (κ1) is 18.9. The molecule has 3 aromatic carbocycles. The summed E-state index contributed by atoms with van der Waals surface area (Å²) in [6.45, 7) is 0. The number of hydrogen-bond acceptors (Lipinski definition) is 5. The van der Waals surface area contributed by atoms with E-state index in [0.29, 0.717) is 23.0 Å². The molecular weight excluding hydrogens is 363 g/mol. The summed E-state index contributed by atoms with van der Waals surface area (Å²) in [5.41, 5.74) is 0.864. The van der Waals surface area contributed by atoms with E-state index in [-0.39, 0.29) is 6.16 Å². The molecule has 0 saturated carbocycles. The van der Waals surface area contributed by atoms with E-state index >= 15 is 0 Å². The van der Waals surface area contributed by atoms with Gasteiger partial charge in [0.25, 0.3) is 0 Å². The average molecular weight is 384 g/mol. The third-order valence-corrected chi connectivity index (χ3v) is 5.56. The maximum absolute atomic E-state index is 13.5. The first-order valence-electron chi connectivity index (χ1n) is 8.40. The van der Waals surface area contributed by atoms with Crippen molar-refractivity contribution in [3.63, 3.8) is 0 Å². The lowest BCUT2D eigenvalue weighted by molar-refractivity contribution is 0.381. The monoisotopic (exact) mass is 384 g/mol. The summed E-state index contributed by atoms with van der Waals surface area (Å²) in [4.78, 5) is 0. The Kier molecular flexibility index (Phi) is 6.05. The minimum atomic E-state index is -3.51. The summed E-state index contributed by atoms with van der Waals surface area (Å²) in [6, 6.07) is 23.3. The topological polar surface area (TPSA) is 54.0 Å². The third-order valence-electron chi connectivity index (χ3n) is 3.83. The van der Waals surface area contributed by atoms with Crippen LogP contribution in [-0.4, -0.2) is 14.2 Å². The van der Waals surface area contributed by atoms with Crippen LogP contribution in [0.2, 0.25) is 0 Å². The lowest BCUT2D eigenvalue weighted by Crippen LogP contribution is -2.04. The van der Waals surface area contributed by atoms with Gasteiger partial charge in [0.05, 0.1) is 20.4 Å².